The van der Waals surface area contributed by atoms with Crippen LogP contribution in [0.4, 0.5) is 0 Å². The molecule has 0 aliphatic carbocycles. The van der Waals surface area contributed by atoms with Crippen LogP contribution in [-0.4, -0.2) is 68.3 Å². The predicted octanol–water partition coefficient (Wildman–Crippen LogP) is -1.53. The van der Waals surface area contributed by atoms with Crippen molar-refractivity contribution >= 4 is 11.8 Å². The Hall–Kier alpha value is -1.18. The number of hydrogen-bond acceptors (Lipinski definition) is 5. The first kappa shape index (κ1) is 14.2. The number of carbonyl (C=O) groups excluding carboxylic acids is 2. The zero-order valence-corrected chi connectivity index (χ0v) is 11.1. The zero-order chi connectivity index (χ0) is 13.8. The van der Waals surface area contributed by atoms with E-state index in [1.54, 1.807) is 11.9 Å². The molecule has 3 unspecified atom stereocenters. The highest BCUT2D eigenvalue weighted by Gasteiger charge is 2.39. The fourth-order valence-electron chi connectivity index (χ4n) is 2.50. The van der Waals surface area contributed by atoms with Gasteiger partial charge in [0.1, 0.15) is 12.1 Å². The van der Waals surface area contributed by atoms with Gasteiger partial charge in [-0.3, -0.25) is 9.59 Å². The fraction of sp³-hybridized carbons (Fsp3) is 0.833. The van der Waals surface area contributed by atoms with Crippen LogP contribution in [0.3, 0.4) is 0 Å². The van der Waals surface area contributed by atoms with Gasteiger partial charge < -0.3 is 25.4 Å². The minimum absolute atomic E-state index is 0.0477. The smallest absolute Gasteiger partial charge is 0.252 e. The highest BCUT2D eigenvalue weighted by Crippen LogP contribution is 2.22. The monoisotopic (exact) mass is 271 g/mol. The SMILES string of the molecule is CNC(=O)C1COCCN1C(=O)C1CCC(CN)O1. The molecule has 0 aromatic rings. The van der Waals surface area contributed by atoms with Crippen LogP contribution in [0.2, 0.25) is 0 Å². The summed E-state index contributed by atoms with van der Waals surface area (Å²) in [6.45, 7) is 1.53. The number of hydrogen-bond donors (Lipinski definition) is 2. The highest BCUT2D eigenvalue weighted by molar-refractivity contribution is 5.89. The maximum atomic E-state index is 12.4. The van der Waals surface area contributed by atoms with Crippen molar-refractivity contribution in [3.63, 3.8) is 0 Å². The number of likely N-dealkylation sites (N-methyl/N-ethyl adjacent to an activating group) is 1. The Morgan fingerprint density at radius 3 is 2.84 bits per heavy atom. The first-order chi connectivity index (χ1) is 9.17. The lowest BCUT2D eigenvalue weighted by atomic mass is 10.1. The second-order valence-electron chi connectivity index (χ2n) is 4.80. The molecule has 2 aliphatic heterocycles. The van der Waals surface area contributed by atoms with Gasteiger partial charge >= 0.3 is 0 Å². The summed E-state index contributed by atoms with van der Waals surface area (Å²) in [4.78, 5) is 25.7. The van der Waals surface area contributed by atoms with Crippen LogP contribution in [0.5, 0.6) is 0 Å². The van der Waals surface area contributed by atoms with Gasteiger partial charge in [-0.05, 0) is 12.8 Å². The predicted molar refractivity (Wildman–Crippen MR) is 67.3 cm³/mol. The summed E-state index contributed by atoms with van der Waals surface area (Å²) >= 11 is 0. The summed E-state index contributed by atoms with van der Waals surface area (Å²) in [6.07, 6.45) is 0.938. The third-order valence-electron chi connectivity index (χ3n) is 3.61. The molecular weight excluding hydrogens is 250 g/mol. The Kier molecular flexibility index (Phi) is 4.73. The molecule has 108 valence electrons. The molecule has 0 aromatic carbocycles. The summed E-state index contributed by atoms with van der Waals surface area (Å²) in [6, 6.07) is -0.563. The normalized spacial score (nSPS) is 31.3. The molecule has 7 nitrogen and oxygen atoms in total. The van der Waals surface area contributed by atoms with Gasteiger partial charge in [0.05, 0.1) is 19.3 Å². The molecule has 2 fully saturated rings. The molecule has 0 spiro atoms. The third-order valence-corrected chi connectivity index (χ3v) is 3.61. The molecule has 7 heteroatoms. The van der Waals surface area contributed by atoms with E-state index in [0.717, 1.165) is 6.42 Å². The number of nitrogens with two attached hydrogens (primary N) is 1. The molecular formula is C12H21N3O4. The van der Waals surface area contributed by atoms with E-state index < -0.39 is 12.1 Å². The van der Waals surface area contributed by atoms with Crippen LogP contribution < -0.4 is 11.1 Å². The molecule has 2 amide bonds. The first-order valence-electron chi connectivity index (χ1n) is 6.62. The number of ether oxygens (including phenoxy) is 2. The van der Waals surface area contributed by atoms with Crippen molar-refractivity contribution in [3.8, 4) is 0 Å². The number of carbonyl (C=O) groups is 2. The number of amides is 2. The minimum Gasteiger partial charge on any atom is -0.377 e. The molecule has 3 atom stereocenters. The lowest BCUT2D eigenvalue weighted by molar-refractivity contribution is -0.156. The van der Waals surface area contributed by atoms with E-state index in [-0.39, 0.29) is 24.5 Å². The van der Waals surface area contributed by atoms with E-state index in [2.05, 4.69) is 5.32 Å². The topological polar surface area (TPSA) is 93.9 Å². The molecule has 0 aromatic heterocycles. The Morgan fingerprint density at radius 1 is 1.42 bits per heavy atom. The van der Waals surface area contributed by atoms with Gasteiger partial charge in [-0.15, -0.1) is 0 Å². The molecule has 2 rings (SSSR count). The summed E-state index contributed by atoms with van der Waals surface area (Å²) in [5.41, 5.74) is 5.54. The van der Waals surface area contributed by atoms with Crippen LogP contribution >= 0.6 is 0 Å². The number of morpholine rings is 1. The van der Waals surface area contributed by atoms with E-state index in [1.165, 1.54) is 0 Å². The largest absolute Gasteiger partial charge is 0.377 e. The van der Waals surface area contributed by atoms with E-state index in [1.807, 2.05) is 0 Å². The second-order valence-corrected chi connectivity index (χ2v) is 4.80. The van der Waals surface area contributed by atoms with Crippen LogP contribution in [0.25, 0.3) is 0 Å². The molecule has 2 heterocycles. The Labute approximate surface area is 112 Å². The molecule has 19 heavy (non-hydrogen) atoms. The summed E-state index contributed by atoms with van der Waals surface area (Å²) in [7, 11) is 1.55. The maximum absolute atomic E-state index is 12.4. The van der Waals surface area contributed by atoms with Crippen molar-refractivity contribution in [1.82, 2.24) is 10.2 Å². The van der Waals surface area contributed by atoms with E-state index in [0.29, 0.717) is 26.1 Å². The Bertz CT molecular complexity index is 350. The average Bonchev–Trinajstić information content (AvgIpc) is 2.94. The third kappa shape index (κ3) is 3.05. The van der Waals surface area contributed by atoms with Crippen molar-refractivity contribution < 1.29 is 19.1 Å². The lowest BCUT2D eigenvalue weighted by Crippen LogP contribution is -2.57. The Morgan fingerprint density at radius 2 is 2.21 bits per heavy atom. The van der Waals surface area contributed by atoms with Crippen LogP contribution in [0, 0.1) is 0 Å². The van der Waals surface area contributed by atoms with Crippen LogP contribution in [0.1, 0.15) is 12.8 Å². The molecule has 3 N–H and O–H groups in total. The average molecular weight is 271 g/mol. The first-order valence-corrected chi connectivity index (χ1v) is 6.62. The summed E-state index contributed by atoms with van der Waals surface area (Å²) in [5.74, 6) is -0.339. The van der Waals surface area contributed by atoms with Gasteiger partial charge in [-0.2, -0.15) is 0 Å². The number of nitrogens with zero attached hydrogens (tertiary/aromatic N) is 1. The van der Waals surface area contributed by atoms with Gasteiger partial charge in [0.25, 0.3) is 5.91 Å². The van der Waals surface area contributed by atoms with E-state index in [9.17, 15) is 9.59 Å². The second kappa shape index (κ2) is 6.31. The Balaban J connectivity index is 2.01. The molecule has 2 aliphatic rings. The quantitative estimate of drug-likeness (QED) is 0.649. The van der Waals surface area contributed by atoms with Crippen LogP contribution in [0.15, 0.2) is 0 Å². The van der Waals surface area contributed by atoms with Crippen molar-refractivity contribution in [1.29, 1.82) is 0 Å². The van der Waals surface area contributed by atoms with Gasteiger partial charge in [0, 0.05) is 20.1 Å². The van der Waals surface area contributed by atoms with E-state index >= 15 is 0 Å². The van der Waals surface area contributed by atoms with Crippen molar-refractivity contribution in [2.75, 3.05) is 33.4 Å². The standard InChI is InChI=1S/C12H21N3O4/c1-14-11(16)9-7-18-5-4-15(9)12(17)10-3-2-8(6-13)19-10/h8-10H,2-7,13H2,1H3,(H,14,16). The summed E-state index contributed by atoms with van der Waals surface area (Å²) < 4.78 is 10.9. The minimum atomic E-state index is -0.563. The van der Waals surface area contributed by atoms with Crippen molar-refractivity contribution in [2.24, 2.45) is 5.73 Å². The zero-order valence-electron chi connectivity index (χ0n) is 11.1. The van der Waals surface area contributed by atoms with Crippen LogP contribution in [-0.2, 0) is 19.1 Å². The van der Waals surface area contributed by atoms with Crippen molar-refractivity contribution in [2.45, 2.75) is 31.1 Å². The fourth-order valence-corrected chi connectivity index (χ4v) is 2.50. The maximum Gasteiger partial charge on any atom is 0.252 e. The van der Waals surface area contributed by atoms with Gasteiger partial charge in [-0.1, -0.05) is 0 Å². The van der Waals surface area contributed by atoms with Gasteiger partial charge in [-0.25, -0.2) is 0 Å². The molecule has 0 bridgehead atoms. The molecule has 0 radical (unpaired) electrons. The summed E-state index contributed by atoms with van der Waals surface area (Å²) in [5, 5.41) is 2.56. The lowest BCUT2D eigenvalue weighted by Gasteiger charge is -2.35. The number of rotatable bonds is 3. The molecule has 2 saturated heterocycles. The van der Waals surface area contributed by atoms with Gasteiger partial charge in [0.2, 0.25) is 5.91 Å². The highest BCUT2D eigenvalue weighted by atomic mass is 16.5. The van der Waals surface area contributed by atoms with Gasteiger partial charge in [0.15, 0.2) is 0 Å². The van der Waals surface area contributed by atoms with Crippen molar-refractivity contribution in [3.05, 3.63) is 0 Å². The molecule has 0 saturated carbocycles. The number of nitrogens with one attached hydrogen (secondary N) is 1. The van der Waals surface area contributed by atoms with E-state index in [4.69, 9.17) is 15.2 Å².